The fraction of sp³-hybridized carbons (Fsp3) is 0.214. The molecule has 3 aromatic rings. The lowest BCUT2D eigenvalue weighted by atomic mass is 9.86. The first kappa shape index (κ1) is 23.2. The van der Waals surface area contributed by atoms with Gasteiger partial charge in [0.15, 0.2) is 5.78 Å². The van der Waals surface area contributed by atoms with Crippen molar-refractivity contribution in [2.24, 2.45) is 0 Å². The topological polar surface area (TPSA) is 66.4 Å². The minimum atomic E-state index is -0.966. The average Bonchev–Trinajstić information content (AvgIpc) is 2.83. The van der Waals surface area contributed by atoms with E-state index in [0.29, 0.717) is 5.57 Å². The largest absolute Gasteiger partial charge is 0.478 e. The highest BCUT2D eigenvalue weighted by Crippen LogP contribution is 2.33. The summed E-state index contributed by atoms with van der Waals surface area (Å²) in [5, 5.41) is 12.5. The molecule has 0 spiro atoms. The van der Waals surface area contributed by atoms with Crippen molar-refractivity contribution < 1.29 is 14.7 Å². The second kappa shape index (κ2) is 10.7. The predicted molar refractivity (Wildman–Crippen MR) is 131 cm³/mol. The number of hydrogen-bond donors (Lipinski definition) is 2. The molecule has 1 aliphatic rings. The van der Waals surface area contributed by atoms with E-state index in [9.17, 15) is 9.59 Å². The van der Waals surface area contributed by atoms with E-state index < -0.39 is 5.97 Å². The Labute approximate surface area is 189 Å². The second-order valence-corrected chi connectivity index (χ2v) is 7.50. The number of carbonyl (C=O) groups excluding carboxylic acids is 1. The maximum absolute atomic E-state index is 12.6. The summed E-state index contributed by atoms with van der Waals surface area (Å²) in [6.45, 7) is 7.29. The van der Waals surface area contributed by atoms with Crippen molar-refractivity contribution in [2.45, 2.75) is 33.7 Å². The van der Waals surface area contributed by atoms with Gasteiger partial charge < -0.3 is 10.4 Å². The van der Waals surface area contributed by atoms with Gasteiger partial charge in [0.25, 0.3) is 0 Å². The van der Waals surface area contributed by atoms with E-state index in [1.165, 1.54) is 11.1 Å². The van der Waals surface area contributed by atoms with Crippen molar-refractivity contribution in [3.05, 3.63) is 94.5 Å². The third-order valence-electron chi connectivity index (χ3n) is 5.45. The summed E-state index contributed by atoms with van der Waals surface area (Å²) >= 11 is 0. The first-order valence-corrected chi connectivity index (χ1v) is 11.0. The van der Waals surface area contributed by atoms with E-state index in [-0.39, 0.29) is 11.3 Å². The van der Waals surface area contributed by atoms with Crippen molar-refractivity contribution in [3.63, 3.8) is 0 Å². The average molecular weight is 428 g/mol. The number of benzene rings is 3. The zero-order chi connectivity index (χ0) is 23.1. The molecule has 164 valence electrons. The van der Waals surface area contributed by atoms with Gasteiger partial charge in [-0.15, -0.1) is 0 Å². The van der Waals surface area contributed by atoms with Crippen molar-refractivity contribution in [1.82, 2.24) is 5.32 Å². The summed E-state index contributed by atoms with van der Waals surface area (Å²) in [6, 6.07) is 21.0. The first-order valence-electron chi connectivity index (χ1n) is 11.0. The summed E-state index contributed by atoms with van der Waals surface area (Å²) in [4.78, 5) is 23.7. The Balaban J connectivity index is 0.00000141. The third kappa shape index (κ3) is 5.21. The molecule has 0 saturated carbocycles. The molecular weight excluding hydrogens is 398 g/mol. The number of carbonyl (C=O) groups is 2. The fourth-order valence-electron chi connectivity index (χ4n) is 3.93. The highest BCUT2D eigenvalue weighted by molar-refractivity contribution is 6.24. The molecule has 0 unspecified atom stereocenters. The van der Waals surface area contributed by atoms with Crippen LogP contribution in [0.4, 0.5) is 0 Å². The van der Waals surface area contributed by atoms with Crippen LogP contribution in [-0.2, 0) is 17.8 Å². The molecule has 0 amide bonds. The highest BCUT2D eigenvalue weighted by atomic mass is 16.4. The standard InChI is InChI=1S/C26H23NO3.C2H6/c1-17(28)24(13-18-7-9-20(10-8-18)26(29)30)21-14-22-16-27-12-11-23(22)25(15-21)19-5-3-2-4-6-19;1-2/h2-10,13-15,27H,11-12,16H2,1H3,(H,29,30);1-2H3/b24-13-;. The molecule has 0 bridgehead atoms. The van der Waals surface area contributed by atoms with Gasteiger partial charge in [0.05, 0.1) is 5.56 Å². The Kier molecular flexibility index (Phi) is 7.74. The molecule has 2 N–H and O–H groups in total. The number of aromatic carboxylic acids is 1. The molecule has 4 heteroatoms. The van der Waals surface area contributed by atoms with Crippen LogP contribution in [0.25, 0.3) is 22.8 Å². The van der Waals surface area contributed by atoms with Crippen LogP contribution in [0, 0.1) is 0 Å². The van der Waals surface area contributed by atoms with Crippen LogP contribution < -0.4 is 5.32 Å². The molecule has 1 heterocycles. The van der Waals surface area contributed by atoms with Gasteiger partial charge in [0.2, 0.25) is 0 Å². The number of carboxylic acids is 1. The smallest absolute Gasteiger partial charge is 0.335 e. The summed E-state index contributed by atoms with van der Waals surface area (Å²) in [7, 11) is 0. The number of allylic oxidation sites excluding steroid dienone is 1. The molecule has 0 aliphatic carbocycles. The molecule has 0 atom stereocenters. The molecule has 32 heavy (non-hydrogen) atoms. The Morgan fingerprint density at radius 1 is 0.938 bits per heavy atom. The van der Waals surface area contributed by atoms with Gasteiger partial charge >= 0.3 is 5.97 Å². The van der Waals surface area contributed by atoms with Crippen molar-refractivity contribution in [2.75, 3.05) is 6.54 Å². The van der Waals surface area contributed by atoms with E-state index in [2.05, 4.69) is 29.6 Å². The van der Waals surface area contributed by atoms with Crippen LogP contribution >= 0.6 is 0 Å². The van der Waals surface area contributed by atoms with Crippen LogP contribution in [0.3, 0.4) is 0 Å². The Bertz CT molecular complexity index is 1130. The molecule has 0 saturated heterocycles. The number of hydrogen-bond acceptors (Lipinski definition) is 3. The SMILES string of the molecule is CC.CC(=O)/C(=C/c1ccc(C(=O)O)cc1)c1cc2c(c(-c3ccccc3)c1)CCNC2. The van der Waals surface area contributed by atoms with E-state index in [1.54, 1.807) is 31.2 Å². The molecule has 4 rings (SSSR count). The monoisotopic (exact) mass is 427 g/mol. The molecule has 0 radical (unpaired) electrons. The third-order valence-corrected chi connectivity index (χ3v) is 5.45. The number of carboxylic acid groups (broad SMARTS) is 1. The van der Waals surface area contributed by atoms with Gasteiger partial charge in [-0.2, -0.15) is 0 Å². The van der Waals surface area contributed by atoms with Crippen LogP contribution in [0.5, 0.6) is 0 Å². The van der Waals surface area contributed by atoms with Gasteiger partial charge in [-0.05, 0) is 83.6 Å². The summed E-state index contributed by atoms with van der Waals surface area (Å²) in [5.41, 5.74) is 7.37. The zero-order valence-electron chi connectivity index (χ0n) is 18.8. The van der Waals surface area contributed by atoms with Crippen LogP contribution in [0.2, 0.25) is 0 Å². The minimum Gasteiger partial charge on any atom is -0.478 e. The van der Waals surface area contributed by atoms with E-state index in [4.69, 9.17) is 5.11 Å². The lowest BCUT2D eigenvalue weighted by Gasteiger charge is -2.23. The highest BCUT2D eigenvalue weighted by Gasteiger charge is 2.18. The number of nitrogens with one attached hydrogen (secondary N) is 1. The molecule has 4 nitrogen and oxygen atoms in total. The van der Waals surface area contributed by atoms with Crippen molar-refractivity contribution in [1.29, 1.82) is 0 Å². The number of fused-ring (bicyclic) bond motifs is 1. The number of rotatable bonds is 5. The summed E-state index contributed by atoms with van der Waals surface area (Å²) in [5.74, 6) is -0.993. The first-order chi connectivity index (χ1) is 15.5. The zero-order valence-corrected chi connectivity index (χ0v) is 18.8. The summed E-state index contributed by atoms with van der Waals surface area (Å²) < 4.78 is 0. The molecule has 0 aromatic heterocycles. The maximum atomic E-state index is 12.6. The minimum absolute atomic E-state index is 0.0277. The van der Waals surface area contributed by atoms with Gasteiger partial charge in [0, 0.05) is 12.1 Å². The Hall–Kier alpha value is -3.50. The van der Waals surface area contributed by atoms with E-state index in [0.717, 1.165) is 41.8 Å². The predicted octanol–water partition coefficient (Wildman–Crippen LogP) is 5.85. The van der Waals surface area contributed by atoms with Crippen LogP contribution in [0.1, 0.15) is 53.4 Å². The maximum Gasteiger partial charge on any atom is 0.335 e. The summed E-state index contributed by atoms with van der Waals surface area (Å²) in [6.07, 6.45) is 2.79. The Morgan fingerprint density at radius 2 is 1.62 bits per heavy atom. The van der Waals surface area contributed by atoms with Crippen molar-refractivity contribution in [3.8, 4) is 11.1 Å². The number of ketones is 1. The number of Topliss-reactive ketones (excluding diaryl/α,β-unsaturated/α-hetero) is 1. The second-order valence-electron chi connectivity index (χ2n) is 7.50. The van der Waals surface area contributed by atoms with Crippen LogP contribution in [-0.4, -0.2) is 23.4 Å². The lowest BCUT2D eigenvalue weighted by Crippen LogP contribution is -2.24. The van der Waals surface area contributed by atoms with Gasteiger partial charge in [-0.1, -0.05) is 56.3 Å². The van der Waals surface area contributed by atoms with E-state index in [1.807, 2.05) is 38.1 Å². The van der Waals surface area contributed by atoms with Gasteiger partial charge in [-0.25, -0.2) is 4.79 Å². The molecule has 1 aliphatic heterocycles. The van der Waals surface area contributed by atoms with E-state index >= 15 is 0 Å². The lowest BCUT2D eigenvalue weighted by molar-refractivity contribution is -0.111. The molecule has 0 fully saturated rings. The quantitative estimate of drug-likeness (QED) is 0.396. The molecule has 3 aromatic carbocycles. The van der Waals surface area contributed by atoms with Crippen LogP contribution in [0.15, 0.2) is 66.7 Å². The van der Waals surface area contributed by atoms with Crippen molar-refractivity contribution >= 4 is 23.4 Å². The van der Waals surface area contributed by atoms with Gasteiger partial charge in [-0.3, -0.25) is 4.79 Å². The van der Waals surface area contributed by atoms with Gasteiger partial charge in [0.1, 0.15) is 0 Å². The molecular formula is C28H29NO3. The Morgan fingerprint density at radius 3 is 2.25 bits per heavy atom. The fourth-order valence-corrected chi connectivity index (χ4v) is 3.93. The normalized spacial score (nSPS) is 12.9.